The molecule has 0 saturated heterocycles. The number of hydrogen-bond donors (Lipinski definition) is 0. The standard InChI is InChI=1S/C43H30N4/c1-2-47-40-16-10-9-15-39(40)46-43(47)31-19-17-28(18-20-31)32-21-24-38-35(27-32)33-22-26-37-34(23-25-36(44-37)29-11-5-3-6-12-29)41(33)42(45-38)30-13-7-4-8-14-30/h3-27H,2H2,1H3. The van der Waals surface area contributed by atoms with Crippen LogP contribution in [-0.4, -0.2) is 19.5 Å². The van der Waals surface area contributed by atoms with E-state index in [0.717, 1.165) is 89.8 Å². The average Bonchev–Trinajstić information content (AvgIpc) is 3.53. The van der Waals surface area contributed by atoms with Crippen LogP contribution in [0.3, 0.4) is 0 Å². The van der Waals surface area contributed by atoms with E-state index in [0.29, 0.717) is 0 Å². The Balaban J connectivity index is 1.20. The van der Waals surface area contributed by atoms with Gasteiger partial charge in [0.2, 0.25) is 0 Å². The van der Waals surface area contributed by atoms with Crippen molar-refractivity contribution >= 4 is 43.6 Å². The first kappa shape index (κ1) is 27.2. The van der Waals surface area contributed by atoms with Gasteiger partial charge < -0.3 is 4.57 Å². The number of fused-ring (bicyclic) bond motifs is 6. The molecule has 0 bridgehead atoms. The fourth-order valence-corrected chi connectivity index (χ4v) is 6.89. The van der Waals surface area contributed by atoms with Crippen molar-refractivity contribution in [3.63, 3.8) is 0 Å². The normalized spacial score (nSPS) is 11.6. The summed E-state index contributed by atoms with van der Waals surface area (Å²) in [5.74, 6) is 0.998. The fourth-order valence-electron chi connectivity index (χ4n) is 6.89. The van der Waals surface area contributed by atoms with Gasteiger partial charge in [0.15, 0.2) is 0 Å². The van der Waals surface area contributed by atoms with E-state index in [4.69, 9.17) is 15.0 Å². The molecule has 0 aliphatic heterocycles. The number of para-hydroxylation sites is 2. The van der Waals surface area contributed by atoms with E-state index in [1.54, 1.807) is 0 Å². The molecule has 4 nitrogen and oxygen atoms in total. The molecule has 47 heavy (non-hydrogen) atoms. The van der Waals surface area contributed by atoms with Crippen molar-refractivity contribution in [1.29, 1.82) is 0 Å². The molecule has 3 aromatic heterocycles. The van der Waals surface area contributed by atoms with Crippen molar-refractivity contribution in [2.75, 3.05) is 0 Å². The predicted molar refractivity (Wildman–Crippen MR) is 195 cm³/mol. The Morgan fingerprint density at radius 3 is 1.87 bits per heavy atom. The maximum Gasteiger partial charge on any atom is 0.141 e. The Bertz CT molecular complexity index is 2590. The van der Waals surface area contributed by atoms with Crippen LogP contribution in [0.4, 0.5) is 0 Å². The van der Waals surface area contributed by atoms with Gasteiger partial charge in [-0.1, -0.05) is 109 Å². The molecule has 9 rings (SSSR count). The van der Waals surface area contributed by atoms with Crippen LogP contribution in [-0.2, 0) is 6.54 Å². The number of aromatic nitrogens is 4. The molecule has 0 saturated carbocycles. The Morgan fingerprint density at radius 2 is 1.09 bits per heavy atom. The highest BCUT2D eigenvalue weighted by atomic mass is 15.1. The van der Waals surface area contributed by atoms with Crippen LogP contribution in [0.15, 0.2) is 152 Å². The third-order valence-corrected chi connectivity index (χ3v) is 9.19. The third kappa shape index (κ3) is 4.57. The SMILES string of the molecule is CCn1c(-c2ccc(-c3ccc4nc(-c5ccccc5)c5c6ccc(-c7ccccc7)nc6ccc5c4c3)cc2)nc2ccccc21. The van der Waals surface area contributed by atoms with Crippen molar-refractivity contribution in [2.45, 2.75) is 13.5 Å². The summed E-state index contributed by atoms with van der Waals surface area (Å²) in [5.41, 5.74) is 11.7. The van der Waals surface area contributed by atoms with Gasteiger partial charge in [-0.2, -0.15) is 0 Å². The minimum atomic E-state index is 0.866. The molecule has 0 aliphatic carbocycles. The molecular weight excluding hydrogens is 573 g/mol. The molecule has 3 heterocycles. The van der Waals surface area contributed by atoms with Crippen LogP contribution in [0, 0.1) is 0 Å². The van der Waals surface area contributed by atoms with Gasteiger partial charge in [-0.25, -0.2) is 15.0 Å². The Labute approximate surface area is 272 Å². The summed E-state index contributed by atoms with van der Waals surface area (Å²) in [4.78, 5) is 15.4. The smallest absolute Gasteiger partial charge is 0.141 e. The van der Waals surface area contributed by atoms with Crippen LogP contribution in [0.5, 0.6) is 0 Å². The second-order valence-electron chi connectivity index (χ2n) is 11.9. The molecule has 0 N–H and O–H groups in total. The third-order valence-electron chi connectivity index (χ3n) is 9.19. The second kappa shape index (κ2) is 11.0. The molecule has 0 amide bonds. The first-order chi connectivity index (χ1) is 23.2. The molecule has 0 unspecified atom stereocenters. The lowest BCUT2D eigenvalue weighted by Gasteiger charge is -2.14. The molecular formula is C43H30N4. The summed E-state index contributed by atoms with van der Waals surface area (Å²) in [5, 5.41) is 4.53. The van der Waals surface area contributed by atoms with Crippen LogP contribution >= 0.6 is 0 Å². The zero-order valence-electron chi connectivity index (χ0n) is 25.9. The lowest BCUT2D eigenvalue weighted by Crippen LogP contribution is -1.97. The number of rotatable bonds is 5. The van der Waals surface area contributed by atoms with E-state index >= 15 is 0 Å². The van der Waals surface area contributed by atoms with E-state index in [9.17, 15) is 0 Å². The summed E-state index contributed by atoms with van der Waals surface area (Å²) >= 11 is 0. The van der Waals surface area contributed by atoms with Crippen molar-refractivity contribution in [1.82, 2.24) is 19.5 Å². The van der Waals surface area contributed by atoms with Gasteiger partial charge in [0.25, 0.3) is 0 Å². The fraction of sp³-hybridized carbons (Fsp3) is 0.0465. The molecule has 6 aromatic carbocycles. The van der Waals surface area contributed by atoms with Gasteiger partial charge in [0.05, 0.1) is 33.5 Å². The quantitative estimate of drug-likeness (QED) is 0.184. The molecule has 222 valence electrons. The average molecular weight is 603 g/mol. The predicted octanol–water partition coefficient (Wildman–Crippen LogP) is 11.0. The Hall–Kier alpha value is -6.13. The maximum atomic E-state index is 5.29. The molecule has 0 fully saturated rings. The van der Waals surface area contributed by atoms with Crippen LogP contribution < -0.4 is 0 Å². The van der Waals surface area contributed by atoms with Gasteiger partial charge in [-0.05, 0) is 65.9 Å². The highest BCUT2D eigenvalue weighted by Crippen LogP contribution is 2.39. The minimum absolute atomic E-state index is 0.866. The second-order valence-corrected chi connectivity index (χ2v) is 11.9. The molecule has 0 atom stereocenters. The van der Waals surface area contributed by atoms with Gasteiger partial charge in [0, 0.05) is 39.4 Å². The molecule has 0 spiro atoms. The number of nitrogens with zero attached hydrogens (tertiary/aromatic N) is 4. The van der Waals surface area contributed by atoms with E-state index in [2.05, 4.69) is 145 Å². The lowest BCUT2D eigenvalue weighted by molar-refractivity contribution is 0.796. The van der Waals surface area contributed by atoms with Crippen LogP contribution in [0.1, 0.15) is 6.92 Å². The Kier molecular flexibility index (Phi) is 6.39. The summed E-state index contributed by atoms with van der Waals surface area (Å²) < 4.78 is 2.28. The van der Waals surface area contributed by atoms with Crippen LogP contribution in [0.2, 0.25) is 0 Å². The van der Waals surface area contributed by atoms with E-state index in [1.807, 2.05) is 18.2 Å². The van der Waals surface area contributed by atoms with Gasteiger partial charge in [-0.3, -0.25) is 0 Å². The summed E-state index contributed by atoms with van der Waals surface area (Å²) in [6, 6.07) is 53.3. The molecule has 0 aliphatic rings. The topological polar surface area (TPSA) is 43.6 Å². The summed E-state index contributed by atoms with van der Waals surface area (Å²) in [6.45, 7) is 3.04. The van der Waals surface area contributed by atoms with Gasteiger partial charge >= 0.3 is 0 Å². The van der Waals surface area contributed by atoms with Gasteiger partial charge in [0.1, 0.15) is 5.82 Å². The highest BCUT2D eigenvalue weighted by Gasteiger charge is 2.16. The largest absolute Gasteiger partial charge is 0.324 e. The highest BCUT2D eigenvalue weighted by molar-refractivity contribution is 6.21. The maximum absolute atomic E-state index is 5.29. The minimum Gasteiger partial charge on any atom is -0.324 e. The van der Waals surface area contributed by atoms with E-state index in [-0.39, 0.29) is 0 Å². The molecule has 9 aromatic rings. The molecule has 4 heteroatoms. The lowest BCUT2D eigenvalue weighted by atomic mass is 9.94. The number of hydrogen-bond acceptors (Lipinski definition) is 3. The zero-order chi connectivity index (χ0) is 31.3. The summed E-state index contributed by atoms with van der Waals surface area (Å²) in [6.07, 6.45) is 0. The first-order valence-electron chi connectivity index (χ1n) is 16.1. The van der Waals surface area contributed by atoms with Gasteiger partial charge in [-0.15, -0.1) is 0 Å². The van der Waals surface area contributed by atoms with Crippen LogP contribution in [0.25, 0.3) is 88.6 Å². The Morgan fingerprint density at radius 1 is 0.447 bits per heavy atom. The van der Waals surface area contributed by atoms with Crippen molar-refractivity contribution in [2.24, 2.45) is 0 Å². The number of aryl methyl sites for hydroxylation is 1. The molecule has 0 radical (unpaired) electrons. The number of benzene rings is 6. The monoisotopic (exact) mass is 602 g/mol. The van der Waals surface area contributed by atoms with Crippen molar-refractivity contribution < 1.29 is 0 Å². The number of imidazole rings is 1. The first-order valence-corrected chi connectivity index (χ1v) is 16.1. The summed E-state index contributed by atoms with van der Waals surface area (Å²) in [7, 11) is 0. The van der Waals surface area contributed by atoms with E-state index < -0.39 is 0 Å². The van der Waals surface area contributed by atoms with Crippen molar-refractivity contribution in [3.8, 4) is 45.0 Å². The van der Waals surface area contributed by atoms with E-state index in [1.165, 1.54) is 5.39 Å². The number of pyridine rings is 2. The van der Waals surface area contributed by atoms with Crippen molar-refractivity contribution in [3.05, 3.63) is 152 Å². The zero-order valence-corrected chi connectivity index (χ0v) is 25.9.